The highest BCUT2D eigenvalue weighted by atomic mass is 31.2. The van der Waals surface area contributed by atoms with E-state index in [2.05, 4.69) is 25.8 Å². The molecule has 0 aliphatic rings. The van der Waals surface area contributed by atoms with Crippen LogP contribution in [0.2, 0.25) is 0 Å². The summed E-state index contributed by atoms with van der Waals surface area (Å²) in [7, 11) is -4.87. The first-order valence-corrected chi connectivity index (χ1v) is 15.8. The molecular weight excluding hydrogens is 647 g/mol. The van der Waals surface area contributed by atoms with Crippen LogP contribution in [-0.4, -0.2) is 91.7 Å². The van der Waals surface area contributed by atoms with Gasteiger partial charge in [0.15, 0.2) is 0 Å². The molecule has 5 atom stereocenters. The van der Waals surface area contributed by atoms with Gasteiger partial charge >= 0.3 is 19.8 Å². The molecule has 0 aliphatic heterocycles. The molecule has 1 aromatic rings. The molecule has 0 unspecified atom stereocenters. The second-order valence-corrected chi connectivity index (χ2v) is 12.2. The quantitative estimate of drug-likeness (QED) is 0.0654. The Morgan fingerprint density at radius 3 is 1.72 bits per heavy atom. The SMILES string of the molecule is CC(C)C[C@H](NC(=O)[C@H](Cc1ccc(OP(=O)(O)O)cc1)NC(=O)[C@H](CCC(=O)O)NC(=O)[C@H](CC(=O)O)NC(=O)[C@H](C)N)C(N)=O. The number of hydrogen-bond donors (Lipinski definition) is 10. The molecule has 0 heterocycles. The van der Waals surface area contributed by atoms with E-state index in [0.717, 1.165) is 0 Å². The fourth-order valence-electron chi connectivity index (χ4n) is 4.03. The number of phosphoric acid groups is 1. The molecule has 0 fully saturated rings. The lowest BCUT2D eigenvalue weighted by molar-refractivity contribution is -0.141. The minimum absolute atomic E-state index is 0.0838. The van der Waals surface area contributed by atoms with Crippen LogP contribution in [0.5, 0.6) is 5.75 Å². The Balaban J connectivity index is 3.39. The highest BCUT2D eigenvalue weighted by molar-refractivity contribution is 7.46. The molecule has 0 bridgehead atoms. The number of benzene rings is 1. The molecule has 0 aromatic heterocycles. The average Bonchev–Trinajstić information content (AvgIpc) is 2.93. The molecule has 0 saturated carbocycles. The maximum absolute atomic E-state index is 13.5. The van der Waals surface area contributed by atoms with Gasteiger partial charge in [0.1, 0.15) is 29.9 Å². The smallest absolute Gasteiger partial charge is 0.481 e. The van der Waals surface area contributed by atoms with Gasteiger partial charge in [-0.3, -0.25) is 43.3 Å². The van der Waals surface area contributed by atoms with E-state index in [1.165, 1.54) is 31.2 Å². The van der Waals surface area contributed by atoms with E-state index < -0.39 is 98.8 Å². The fraction of sp³-hybridized carbons (Fsp3) is 0.519. The highest BCUT2D eigenvalue weighted by Crippen LogP contribution is 2.37. The van der Waals surface area contributed by atoms with Crippen LogP contribution in [0, 0.1) is 5.92 Å². The zero-order valence-corrected chi connectivity index (χ0v) is 26.8. The van der Waals surface area contributed by atoms with Gasteiger partial charge < -0.3 is 47.5 Å². The summed E-state index contributed by atoms with van der Waals surface area (Å²) < 4.78 is 15.6. The van der Waals surface area contributed by atoms with E-state index in [1.54, 1.807) is 13.8 Å². The van der Waals surface area contributed by atoms with Crippen LogP contribution in [0.4, 0.5) is 0 Å². The highest BCUT2D eigenvalue weighted by Gasteiger charge is 2.32. The molecule has 0 spiro atoms. The van der Waals surface area contributed by atoms with Crippen molar-refractivity contribution in [2.24, 2.45) is 17.4 Å². The summed E-state index contributed by atoms with van der Waals surface area (Å²) in [6, 6.07) is -2.07. The normalized spacial score (nSPS) is 14.4. The largest absolute Gasteiger partial charge is 0.524 e. The molecule has 47 heavy (non-hydrogen) atoms. The minimum Gasteiger partial charge on any atom is -0.481 e. The average molecular weight is 689 g/mol. The summed E-state index contributed by atoms with van der Waals surface area (Å²) in [6.07, 6.45) is -2.22. The number of carboxylic acids is 2. The van der Waals surface area contributed by atoms with E-state index in [4.69, 9.17) is 21.3 Å². The predicted octanol–water partition coefficient (Wildman–Crippen LogP) is -2.14. The second kappa shape index (κ2) is 18.5. The van der Waals surface area contributed by atoms with Crippen molar-refractivity contribution in [2.45, 2.75) is 83.1 Å². The molecule has 0 saturated heterocycles. The van der Waals surface area contributed by atoms with Crippen molar-refractivity contribution in [3.8, 4) is 5.75 Å². The summed E-state index contributed by atoms with van der Waals surface area (Å²) in [5.41, 5.74) is 11.2. The monoisotopic (exact) mass is 688 g/mol. The Labute approximate surface area is 269 Å². The van der Waals surface area contributed by atoms with Crippen molar-refractivity contribution in [1.82, 2.24) is 21.3 Å². The molecule has 20 heteroatoms. The maximum atomic E-state index is 13.5. The van der Waals surface area contributed by atoms with Gasteiger partial charge in [-0.2, -0.15) is 0 Å². The van der Waals surface area contributed by atoms with Crippen molar-refractivity contribution in [3.63, 3.8) is 0 Å². The van der Waals surface area contributed by atoms with E-state index in [9.17, 15) is 48.3 Å². The number of primary amides is 1. The molecule has 0 aliphatic carbocycles. The predicted molar refractivity (Wildman–Crippen MR) is 162 cm³/mol. The lowest BCUT2D eigenvalue weighted by Gasteiger charge is -2.26. The van der Waals surface area contributed by atoms with Crippen molar-refractivity contribution in [1.29, 1.82) is 0 Å². The fourth-order valence-corrected chi connectivity index (χ4v) is 4.42. The number of phosphoric ester groups is 1. The summed E-state index contributed by atoms with van der Waals surface area (Å²) in [5.74, 6) is -7.99. The van der Waals surface area contributed by atoms with Gasteiger partial charge in [-0.1, -0.05) is 26.0 Å². The van der Waals surface area contributed by atoms with Crippen LogP contribution in [0.1, 0.15) is 52.0 Å². The van der Waals surface area contributed by atoms with Gasteiger partial charge in [0.2, 0.25) is 29.5 Å². The maximum Gasteiger partial charge on any atom is 0.524 e. The van der Waals surface area contributed by atoms with Gasteiger partial charge in [-0.05, 0) is 43.4 Å². The number of amides is 5. The van der Waals surface area contributed by atoms with E-state index in [-0.39, 0.29) is 24.5 Å². The van der Waals surface area contributed by atoms with E-state index >= 15 is 0 Å². The van der Waals surface area contributed by atoms with E-state index in [0.29, 0.717) is 5.56 Å². The third-order valence-corrected chi connectivity index (χ3v) is 6.74. The molecule has 19 nitrogen and oxygen atoms in total. The Kier molecular flexibility index (Phi) is 16.0. The number of nitrogens with two attached hydrogens (primary N) is 2. The number of aliphatic carboxylic acids is 2. The molecular formula is C27H41N6O13P. The lowest BCUT2D eigenvalue weighted by Crippen LogP contribution is -2.59. The Bertz CT molecular complexity index is 1350. The number of carbonyl (C=O) groups excluding carboxylic acids is 5. The lowest BCUT2D eigenvalue weighted by atomic mass is 10.0. The Morgan fingerprint density at radius 1 is 0.766 bits per heavy atom. The third-order valence-electron chi connectivity index (χ3n) is 6.29. The van der Waals surface area contributed by atoms with Crippen LogP contribution in [0.3, 0.4) is 0 Å². The van der Waals surface area contributed by atoms with Crippen molar-refractivity contribution < 1.29 is 62.7 Å². The van der Waals surface area contributed by atoms with Gasteiger partial charge in [-0.15, -0.1) is 0 Å². The number of hydrogen-bond acceptors (Lipinski definition) is 10. The van der Waals surface area contributed by atoms with E-state index in [1.807, 2.05) is 0 Å². The van der Waals surface area contributed by atoms with Crippen molar-refractivity contribution in [3.05, 3.63) is 29.8 Å². The first-order valence-electron chi connectivity index (χ1n) is 14.2. The zero-order valence-electron chi connectivity index (χ0n) is 25.9. The Hall–Kier alpha value is -4.58. The standard InChI is InChI=1S/C27H41N6O13P/c1-13(2)10-18(23(29)38)31-26(41)19(11-15-4-6-16(7-5-15)46-47(43,44)45)33-25(40)17(8-9-21(34)35)30-27(42)20(12-22(36)37)32-24(39)14(3)28/h4-7,13-14,17-20H,8-12,28H2,1-3H3,(H2,29,38)(H,30,42)(H,31,41)(H,32,39)(H,33,40)(H,34,35)(H,36,37)(H2,43,44,45)/t14-,17-,18-,19-,20-/m0/s1. The second-order valence-electron chi connectivity index (χ2n) is 11.0. The minimum atomic E-state index is -4.87. The zero-order chi connectivity index (χ0) is 36.1. The number of carbonyl (C=O) groups is 7. The number of carboxylic acid groups (broad SMARTS) is 2. The molecule has 1 aromatic carbocycles. The van der Waals surface area contributed by atoms with Crippen molar-refractivity contribution in [2.75, 3.05) is 0 Å². The van der Waals surface area contributed by atoms with Crippen molar-refractivity contribution >= 4 is 49.3 Å². The summed E-state index contributed by atoms with van der Waals surface area (Å²) >= 11 is 0. The summed E-state index contributed by atoms with van der Waals surface area (Å²) in [4.78, 5) is 105. The topological polar surface area (TPSA) is 327 Å². The van der Waals surface area contributed by atoms with Gasteiger partial charge in [-0.25, -0.2) is 4.57 Å². The van der Waals surface area contributed by atoms with Crippen LogP contribution in [-0.2, 0) is 44.5 Å². The molecule has 1 rings (SSSR count). The summed E-state index contributed by atoms with van der Waals surface area (Å²) in [5, 5.41) is 27.6. The summed E-state index contributed by atoms with van der Waals surface area (Å²) in [6.45, 7) is 4.82. The molecule has 12 N–H and O–H groups in total. The molecule has 0 radical (unpaired) electrons. The van der Waals surface area contributed by atoms with Crippen LogP contribution >= 0.6 is 7.82 Å². The Morgan fingerprint density at radius 2 is 1.26 bits per heavy atom. The van der Waals surface area contributed by atoms with Gasteiger partial charge in [0, 0.05) is 12.8 Å². The first kappa shape index (κ1) is 40.4. The van der Waals surface area contributed by atoms with Crippen LogP contribution in [0.25, 0.3) is 0 Å². The first-order chi connectivity index (χ1) is 21.7. The number of nitrogens with one attached hydrogen (secondary N) is 4. The van der Waals surface area contributed by atoms with Crippen LogP contribution in [0.15, 0.2) is 24.3 Å². The molecule has 262 valence electrons. The van der Waals surface area contributed by atoms with Crippen LogP contribution < -0.4 is 37.3 Å². The molecule has 5 amide bonds. The van der Waals surface area contributed by atoms with Gasteiger partial charge in [0.25, 0.3) is 0 Å². The number of rotatable bonds is 20. The third kappa shape index (κ3) is 16.0. The van der Waals surface area contributed by atoms with Gasteiger partial charge in [0.05, 0.1) is 12.5 Å².